The first-order chi connectivity index (χ1) is 12.2. The van der Waals surface area contributed by atoms with E-state index >= 15 is 0 Å². The molecule has 4 nitrogen and oxygen atoms in total. The Morgan fingerprint density at radius 3 is 2.60 bits per heavy atom. The average molecular weight is 408 g/mol. The molecule has 0 radical (unpaired) electrons. The number of piperidine rings is 1. The van der Waals surface area contributed by atoms with Gasteiger partial charge in [0.1, 0.15) is 0 Å². The van der Waals surface area contributed by atoms with Gasteiger partial charge < -0.3 is 15.0 Å². The Kier molecular flexibility index (Phi) is 6.39. The lowest BCUT2D eigenvalue weighted by Gasteiger charge is -2.34. The van der Waals surface area contributed by atoms with Crippen molar-refractivity contribution in [2.24, 2.45) is 4.99 Å². The third-order valence-corrected chi connectivity index (χ3v) is 6.00. The van der Waals surface area contributed by atoms with Crippen molar-refractivity contribution in [3.63, 3.8) is 0 Å². The summed E-state index contributed by atoms with van der Waals surface area (Å²) >= 11 is 3.72. The predicted octanol–water partition coefficient (Wildman–Crippen LogP) is 3.95. The van der Waals surface area contributed by atoms with Gasteiger partial charge in [-0.15, -0.1) is 0 Å². The minimum atomic E-state index is 0.227. The van der Waals surface area contributed by atoms with Gasteiger partial charge in [0.25, 0.3) is 0 Å². The maximum Gasteiger partial charge on any atom is 0.193 e. The molecule has 25 heavy (non-hydrogen) atoms. The minimum Gasteiger partial charge on any atom is -0.378 e. The molecule has 0 atom stereocenters. The van der Waals surface area contributed by atoms with Gasteiger partial charge in [0, 0.05) is 36.1 Å². The molecular weight excluding hydrogens is 378 g/mol. The zero-order valence-electron chi connectivity index (χ0n) is 15.4. The van der Waals surface area contributed by atoms with Gasteiger partial charge >= 0.3 is 0 Å². The highest BCUT2D eigenvalue weighted by atomic mass is 79.9. The number of nitrogens with one attached hydrogen (secondary N) is 1. The fraction of sp³-hybridized carbons (Fsp3) is 0.650. The minimum absolute atomic E-state index is 0.227. The second kappa shape index (κ2) is 8.54. The monoisotopic (exact) mass is 407 g/mol. The number of hydrogen-bond acceptors (Lipinski definition) is 2. The fourth-order valence-electron chi connectivity index (χ4n) is 3.68. The summed E-state index contributed by atoms with van der Waals surface area (Å²) in [6.07, 6.45) is 5.05. The largest absolute Gasteiger partial charge is 0.378 e. The average Bonchev–Trinajstić information content (AvgIpc) is 3.41. The van der Waals surface area contributed by atoms with Crippen LogP contribution in [0.3, 0.4) is 0 Å². The van der Waals surface area contributed by atoms with Gasteiger partial charge in [0.15, 0.2) is 5.96 Å². The fourth-order valence-corrected chi connectivity index (χ4v) is 4.38. The van der Waals surface area contributed by atoms with Crippen molar-refractivity contribution in [1.82, 2.24) is 10.2 Å². The van der Waals surface area contributed by atoms with Crippen molar-refractivity contribution in [2.45, 2.75) is 51.0 Å². The van der Waals surface area contributed by atoms with Crippen LogP contribution in [-0.4, -0.2) is 49.7 Å². The second-order valence-corrected chi connectivity index (χ2v) is 7.93. The number of benzene rings is 1. The summed E-state index contributed by atoms with van der Waals surface area (Å²) in [6.45, 7) is 8.86. The lowest BCUT2D eigenvalue weighted by molar-refractivity contribution is 0.0263. The van der Waals surface area contributed by atoms with E-state index in [4.69, 9.17) is 9.73 Å². The van der Waals surface area contributed by atoms with Crippen LogP contribution >= 0.6 is 15.9 Å². The van der Waals surface area contributed by atoms with Gasteiger partial charge in [-0.3, -0.25) is 4.99 Å². The van der Waals surface area contributed by atoms with E-state index in [0.717, 1.165) is 51.6 Å². The number of ether oxygens (including phenoxy) is 1. The Morgan fingerprint density at radius 1 is 1.28 bits per heavy atom. The maximum atomic E-state index is 5.77. The van der Waals surface area contributed by atoms with Crippen LogP contribution in [0.15, 0.2) is 33.7 Å². The molecule has 1 aliphatic carbocycles. The highest BCUT2D eigenvalue weighted by Crippen LogP contribution is 2.50. The van der Waals surface area contributed by atoms with E-state index < -0.39 is 0 Å². The molecule has 1 aromatic carbocycles. The second-order valence-electron chi connectivity index (χ2n) is 7.07. The highest BCUT2D eigenvalue weighted by Gasteiger charge is 2.45. The topological polar surface area (TPSA) is 36.9 Å². The molecule has 1 aromatic rings. The Bertz CT molecular complexity index is 592. The maximum absolute atomic E-state index is 5.77. The van der Waals surface area contributed by atoms with Gasteiger partial charge in [-0.1, -0.05) is 34.1 Å². The van der Waals surface area contributed by atoms with Gasteiger partial charge in [-0.2, -0.15) is 0 Å². The van der Waals surface area contributed by atoms with Crippen LogP contribution in [0.25, 0.3) is 0 Å². The third kappa shape index (κ3) is 4.56. The number of guanidine groups is 1. The Morgan fingerprint density at radius 2 is 2.00 bits per heavy atom. The molecule has 1 saturated heterocycles. The normalized spacial score (nSPS) is 20.6. The molecule has 0 bridgehead atoms. The predicted molar refractivity (Wildman–Crippen MR) is 107 cm³/mol. The molecule has 1 aliphatic heterocycles. The summed E-state index contributed by atoms with van der Waals surface area (Å²) in [6, 6.07) is 8.60. The number of rotatable bonds is 6. The van der Waals surface area contributed by atoms with E-state index in [1.807, 2.05) is 0 Å². The third-order valence-electron chi connectivity index (χ3n) is 5.31. The van der Waals surface area contributed by atoms with Crippen LogP contribution in [0.1, 0.15) is 45.1 Å². The Balaban J connectivity index is 1.66. The van der Waals surface area contributed by atoms with Crippen LogP contribution < -0.4 is 5.32 Å². The first-order valence-corrected chi connectivity index (χ1v) is 10.4. The number of aliphatic imine (C=N–C) groups is 1. The van der Waals surface area contributed by atoms with Crippen LogP contribution in [-0.2, 0) is 10.2 Å². The lowest BCUT2D eigenvalue weighted by Crippen LogP contribution is -2.47. The zero-order chi connectivity index (χ0) is 17.7. The van der Waals surface area contributed by atoms with Crippen LogP contribution in [0, 0.1) is 0 Å². The van der Waals surface area contributed by atoms with Gasteiger partial charge in [-0.25, -0.2) is 0 Å². The van der Waals surface area contributed by atoms with E-state index in [1.165, 1.54) is 22.9 Å². The summed E-state index contributed by atoms with van der Waals surface area (Å²) in [7, 11) is 0. The number of nitrogens with zero attached hydrogens (tertiary/aromatic N) is 2. The quantitative estimate of drug-likeness (QED) is 0.572. The molecule has 2 fully saturated rings. The number of hydrogen-bond donors (Lipinski definition) is 1. The van der Waals surface area contributed by atoms with Gasteiger partial charge in [0.2, 0.25) is 0 Å². The molecule has 1 saturated carbocycles. The standard InChI is InChI=1S/C20H30BrN3O/c1-3-22-19(24-13-9-16(10-14-24)25-4-2)23-15-20(11-12-20)17-7-5-6-8-18(17)21/h5-8,16H,3-4,9-15H2,1-2H3,(H,22,23). The Hall–Kier alpha value is -1.07. The van der Waals surface area contributed by atoms with Gasteiger partial charge in [0.05, 0.1) is 12.6 Å². The van der Waals surface area contributed by atoms with Crippen molar-refractivity contribution in [2.75, 3.05) is 32.8 Å². The van der Waals surface area contributed by atoms with E-state index in [-0.39, 0.29) is 5.41 Å². The molecule has 0 unspecified atom stereocenters. The number of likely N-dealkylation sites (tertiary alicyclic amines) is 1. The van der Waals surface area contributed by atoms with Gasteiger partial charge in [-0.05, 0) is 51.2 Å². The van der Waals surface area contributed by atoms with E-state index in [0.29, 0.717) is 6.10 Å². The molecule has 5 heteroatoms. The van der Waals surface area contributed by atoms with Crippen LogP contribution in [0.4, 0.5) is 0 Å². The molecule has 1 N–H and O–H groups in total. The summed E-state index contributed by atoms with van der Waals surface area (Å²) in [5, 5.41) is 3.49. The molecule has 138 valence electrons. The zero-order valence-corrected chi connectivity index (χ0v) is 17.0. The highest BCUT2D eigenvalue weighted by molar-refractivity contribution is 9.10. The van der Waals surface area contributed by atoms with Crippen molar-refractivity contribution in [1.29, 1.82) is 0 Å². The van der Waals surface area contributed by atoms with Crippen molar-refractivity contribution >= 4 is 21.9 Å². The molecule has 1 heterocycles. The van der Waals surface area contributed by atoms with Crippen molar-refractivity contribution in [3.8, 4) is 0 Å². The number of halogens is 1. The summed E-state index contributed by atoms with van der Waals surface area (Å²) in [5.41, 5.74) is 1.63. The SMILES string of the molecule is CCNC(=NCC1(c2ccccc2Br)CC1)N1CCC(OCC)CC1. The summed E-state index contributed by atoms with van der Waals surface area (Å²) in [5.74, 6) is 1.07. The van der Waals surface area contributed by atoms with Crippen molar-refractivity contribution < 1.29 is 4.74 Å². The van der Waals surface area contributed by atoms with Crippen molar-refractivity contribution in [3.05, 3.63) is 34.3 Å². The molecular formula is C20H30BrN3O. The lowest BCUT2D eigenvalue weighted by atomic mass is 9.96. The Labute approximate surface area is 160 Å². The summed E-state index contributed by atoms with van der Waals surface area (Å²) < 4.78 is 6.99. The molecule has 2 aliphatic rings. The molecule has 0 aromatic heterocycles. The van der Waals surface area contributed by atoms with Crippen LogP contribution in [0.5, 0.6) is 0 Å². The van der Waals surface area contributed by atoms with E-state index in [1.54, 1.807) is 0 Å². The first-order valence-electron chi connectivity index (χ1n) is 9.58. The molecule has 0 spiro atoms. The summed E-state index contributed by atoms with van der Waals surface area (Å²) in [4.78, 5) is 7.43. The van der Waals surface area contributed by atoms with E-state index in [9.17, 15) is 0 Å². The smallest absolute Gasteiger partial charge is 0.193 e. The first kappa shape index (κ1) is 18.7. The van der Waals surface area contributed by atoms with Crippen LogP contribution in [0.2, 0.25) is 0 Å². The molecule has 0 amide bonds. The molecule has 3 rings (SSSR count). The van der Waals surface area contributed by atoms with E-state index in [2.05, 4.69) is 64.3 Å².